The quantitative estimate of drug-likeness (QED) is 0.623. The summed E-state index contributed by atoms with van der Waals surface area (Å²) < 4.78 is 5.13. The average molecular weight is 410 g/mol. The summed E-state index contributed by atoms with van der Waals surface area (Å²) in [6, 6.07) is 16.9. The van der Waals surface area contributed by atoms with Crippen molar-refractivity contribution >= 4 is 29.1 Å². The van der Waals surface area contributed by atoms with Gasteiger partial charge in [-0.05, 0) is 35.9 Å². The lowest BCUT2D eigenvalue weighted by molar-refractivity contribution is -0.118. The fourth-order valence-electron chi connectivity index (χ4n) is 2.77. The maximum atomic E-state index is 12.9. The minimum Gasteiger partial charge on any atom is -0.495 e. The molecule has 29 heavy (non-hydrogen) atoms. The van der Waals surface area contributed by atoms with E-state index in [1.165, 1.54) is 13.3 Å². The molecule has 2 N–H and O–H groups in total. The van der Waals surface area contributed by atoms with E-state index in [0.717, 1.165) is 5.56 Å². The number of hydrogen-bond acceptors (Lipinski definition) is 4. The minimum absolute atomic E-state index is 0.336. The van der Waals surface area contributed by atoms with Crippen LogP contribution in [0.2, 0.25) is 5.02 Å². The molecule has 0 aliphatic carbocycles. The van der Waals surface area contributed by atoms with Gasteiger partial charge in [0.05, 0.1) is 17.7 Å². The molecule has 1 aromatic heterocycles. The zero-order valence-electron chi connectivity index (χ0n) is 15.8. The lowest BCUT2D eigenvalue weighted by Crippen LogP contribution is -2.45. The molecule has 3 rings (SSSR count). The molecule has 0 radical (unpaired) electrons. The number of benzene rings is 2. The molecule has 2 aromatic carbocycles. The van der Waals surface area contributed by atoms with Crippen molar-refractivity contribution in [3.63, 3.8) is 0 Å². The van der Waals surface area contributed by atoms with Crippen LogP contribution in [0.25, 0.3) is 0 Å². The Morgan fingerprint density at radius 3 is 2.55 bits per heavy atom. The first kappa shape index (κ1) is 20.4. The molecule has 0 spiro atoms. The van der Waals surface area contributed by atoms with Crippen LogP contribution in [0.5, 0.6) is 5.75 Å². The Kier molecular flexibility index (Phi) is 6.81. The number of carbonyl (C=O) groups is 2. The van der Waals surface area contributed by atoms with Crippen molar-refractivity contribution in [1.29, 1.82) is 0 Å². The molecule has 6 nitrogen and oxygen atoms in total. The van der Waals surface area contributed by atoms with Crippen molar-refractivity contribution in [2.75, 3.05) is 12.4 Å². The summed E-state index contributed by atoms with van der Waals surface area (Å²) in [7, 11) is 1.52. The van der Waals surface area contributed by atoms with Crippen LogP contribution in [-0.2, 0) is 11.2 Å². The van der Waals surface area contributed by atoms with Crippen LogP contribution in [0, 0.1) is 0 Å². The number of rotatable bonds is 7. The van der Waals surface area contributed by atoms with Gasteiger partial charge in [-0.1, -0.05) is 41.9 Å². The molecular weight excluding hydrogens is 390 g/mol. The molecule has 0 saturated heterocycles. The highest BCUT2D eigenvalue weighted by Gasteiger charge is 2.22. The van der Waals surface area contributed by atoms with E-state index in [2.05, 4.69) is 15.6 Å². The first-order valence-corrected chi connectivity index (χ1v) is 9.34. The van der Waals surface area contributed by atoms with E-state index < -0.39 is 6.04 Å². The molecule has 0 fully saturated rings. The van der Waals surface area contributed by atoms with E-state index in [9.17, 15) is 9.59 Å². The smallest absolute Gasteiger partial charge is 0.253 e. The normalized spacial score (nSPS) is 11.4. The highest BCUT2D eigenvalue weighted by molar-refractivity contribution is 6.32. The average Bonchev–Trinajstić information content (AvgIpc) is 2.74. The molecule has 0 saturated carbocycles. The van der Waals surface area contributed by atoms with Gasteiger partial charge in [-0.15, -0.1) is 0 Å². The zero-order valence-corrected chi connectivity index (χ0v) is 16.5. The van der Waals surface area contributed by atoms with Crippen molar-refractivity contribution in [3.05, 3.63) is 89.2 Å². The lowest BCUT2D eigenvalue weighted by atomic mass is 10.0. The van der Waals surface area contributed by atoms with E-state index in [0.29, 0.717) is 28.4 Å². The fourth-order valence-corrected chi connectivity index (χ4v) is 3.03. The molecule has 148 valence electrons. The topological polar surface area (TPSA) is 80.3 Å². The summed E-state index contributed by atoms with van der Waals surface area (Å²) in [4.78, 5) is 29.5. The Labute approximate surface area is 173 Å². The molecule has 0 aliphatic rings. The first-order valence-electron chi connectivity index (χ1n) is 8.96. The van der Waals surface area contributed by atoms with Gasteiger partial charge in [-0.3, -0.25) is 14.6 Å². The van der Waals surface area contributed by atoms with E-state index in [4.69, 9.17) is 16.3 Å². The maximum Gasteiger partial charge on any atom is 0.253 e. The second kappa shape index (κ2) is 9.71. The Hall–Kier alpha value is -3.38. The highest BCUT2D eigenvalue weighted by Crippen LogP contribution is 2.27. The van der Waals surface area contributed by atoms with E-state index in [-0.39, 0.29) is 11.8 Å². The number of halogens is 1. The Bertz CT molecular complexity index is 981. The number of nitrogens with one attached hydrogen (secondary N) is 2. The lowest BCUT2D eigenvalue weighted by Gasteiger charge is -2.19. The van der Waals surface area contributed by atoms with Gasteiger partial charge in [0.1, 0.15) is 11.8 Å². The molecule has 2 amide bonds. The summed E-state index contributed by atoms with van der Waals surface area (Å²) in [5, 5.41) is 5.97. The largest absolute Gasteiger partial charge is 0.495 e. The van der Waals surface area contributed by atoms with Crippen LogP contribution < -0.4 is 15.4 Å². The number of methoxy groups -OCH3 is 1. The monoisotopic (exact) mass is 409 g/mol. The predicted octanol–water partition coefficient (Wildman–Crippen LogP) is 3.72. The number of nitrogens with zero attached hydrogens (tertiary/aromatic N) is 1. The van der Waals surface area contributed by atoms with Crippen LogP contribution in [0.3, 0.4) is 0 Å². The standard InChI is InChI=1S/C22H20ClN3O3/c1-29-20-10-9-17(13-18(20)23)25-22(28)19(12-15-6-3-2-4-7-15)26-21(27)16-8-5-11-24-14-16/h2-11,13-14,19H,12H2,1H3,(H,25,28)(H,26,27)/t19-/m1/s1. The summed E-state index contributed by atoms with van der Waals surface area (Å²) in [6.07, 6.45) is 3.37. The molecular formula is C22H20ClN3O3. The van der Waals surface area contributed by atoms with Crippen molar-refractivity contribution in [2.24, 2.45) is 0 Å². The van der Waals surface area contributed by atoms with E-state index in [1.807, 2.05) is 30.3 Å². The van der Waals surface area contributed by atoms with Gasteiger partial charge in [-0.2, -0.15) is 0 Å². The van der Waals surface area contributed by atoms with Crippen LogP contribution in [-0.4, -0.2) is 29.9 Å². The van der Waals surface area contributed by atoms with Crippen molar-refractivity contribution in [3.8, 4) is 5.75 Å². The number of aromatic nitrogens is 1. The van der Waals surface area contributed by atoms with Gasteiger partial charge < -0.3 is 15.4 Å². The third-order valence-electron chi connectivity index (χ3n) is 4.25. The highest BCUT2D eigenvalue weighted by atomic mass is 35.5. The second-order valence-corrected chi connectivity index (χ2v) is 6.70. The Morgan fingerprint density at radius 2 is 1.90 bits per heavy atom. The zero-order chi connectivity index (χ0) is 20.6. The van der Waals surface area contributed by atoms with Crippen molar-refractivity contribution in [1.82, 2.24) is 10.3 Å². The van der Waals surface area contributed by atoms with Crippen LogP contribution in [0.15, 0.2) is 73.1 Å². The Balaban J connectivity index is 1.78. The first-order chi connectivity index (χ1) is 14.1. The van der Waals surface area contributed by atoms with Gasteiger partial charge in [0.2, 0.25) is 5.91 Å². The molecule has 3 aromatic rings. The van der Waals surface area contributed by atoms with Crippen LogP contribution in [0.1, 0.15) is 15.9 Å². The molecule has 0 aliphatic heterocycles. The summed E-state index contributed by atoms with van der Waals surface area (Å²) in [5.74, 6) is -0.218. The second-order valence-electron chi connectivity index (χ2n) is 6.30. The van der Waals surface area contributed by atoms with Crippen LogP contribution in [0.4, 0.5) is 5.69 Å². The SMILES string of the molecule is COc1ccc(NC(=O)[C@@H](Cc2ccccc2)NC(=O)c2cccnc2)cc1Cl. The molecule has 0 bridgehead atoms. The third-order valence-corrected chi connectivity index (χ3v) is 4.54. The number of amides is 2. The predicted molar refractivity (Wildman–Crippen MR) is 112 cm³/mol. The van der Waals surface area contributed by atoms with Gasteiger partial charge in [0.25, 0.3) is 5.91 Å². The van der Waals surface area contributed by atoms with E-state index >= 15 is 0 Å². The Morgan fingerprint density at radius 1 is 1.10 bits per heavy atom. The van der Waals surface area contributed by atoms with Gasteiger partial charge in [-0.25, -0.2) is 0 Å². The van der Waals surface area contributed by atoms with Gasteiger partial charge in [0.15, 0.2) is 0 Å². The fraction of sp³-hybridized carbons (Fsp3) is 0.136. The number of pyridine rings is 1. The number of hydrogen-bond donors (Lipinski definition) is 2. The van der Waals surface area contributed by atoms with Gasteiger partial charge >= 0.3 is 0 Å². The summed E-state index contributed by atoms with van der Waals surface area (Å²) in [5.41, 5.74) is 1.81. The maximum absolute atomic E-state index is 12.9. The number of ether oxygens (including phenoxy) is 1. The van der Waals surface area contributed by atoms with Crippen LogP contribution >= 0.6 is 11.6 Å². The summed E-state index contributed by atoms with van der Waals surface area (Å²) >= 11 is 6.13. The van der Waals surface area contributed by atoms with Gasteiger partial charge in [0, 0.05) is 24.5 Å². The third kappa shape index (κ3) is 5.56. The molecule has 7 heteroatoms. The number of carbonyl (C=O) groups excluding carboxylic acids is 2. The molecule has 1 heterocycles. The minimum atomic E-state index is -0.786. The summed E-state index contributed by atoms with van der Waals surface area (Å²) in [6.45, 7) is 0. The van der Waals surface area contributed by atoms with Crippen molar-refractivity contribution in [2.45, 2.75) is 12.5 Å². The number of anilines is 1. The molecule has 0 unspecified atom stereocenters. The van der Waals surface area contributed by atoms with Crippen molar-refractivity contribution < 1.29 is 14.3 Å². The van der Waals surface area contributed by atoms with E-state index in [1.54, 1.807) is 36.5 Å². The molecule has 1 atom stereocenters.